The molecule has 1 aromatic carbocycles. The van der Waals surface area contributed by atoms with Crippen molar-refractivity contribution in [3.63, 3.8) is 0 Å². The van der Waals surface area contributed by atoms with E-state index in [0.29, 0.717) is 6.42 Å². The first kappa shape index (κ1) is 15.9. The fourth-order valence-corrected chi connectivity index (χ4v) is 2.50. The first-order chi connectivity index (χ1) is 11.5. The van der Waals surface area contributed by atoms with E-state index in [1.165, 1.54) is 12.1 Å². The lowest BCUT2D eigenvalue weighted by atomic mass is 9.88. The maximum Gasteiger partial charge on any atom is 0.313 e. The number of hydrogen-bond acceptors (Lipinski definition) is 6. The van der Waals surface area contributed by atoms with Crippen LogP contribution in [0.3, 0.4) is 0 Å². The summed E-state index contributed by atoms with van der Waals surface area (Å²) in [5.74, 6) is -2.48. The zero-order valence-corrected chi connectivity index (χ0v) is 13.0. The zero-order valence-electron chi connectivity index (χ0n) is 13.0. The molecule has 0 aliphatic heterocycles. The molecule has 0 unspecified atom stereocenters. The lowest BCUT2D eigenvalue weighted by Gasteiger charge is -2.11. The zero-order chi connectivity index (χ0) is 17.3. The Morgan fingerprint density at radius 3 is 2.38 bits per heavy atom. The van der Waals surface area contributed by atoms with E-state index >= 15 is 0 Å². The Balaban J connectivity index is 1.88. The number of Topliss-reactive ketones (excluding diaryl/α,β-unsaturated/α-hetero) is 1. The monoisotopic (exact) mass is 326 g/mol. The summed E-state index contributed by atoms with van der Waals surface area (Å²) in [6, 6.07) is 7.61. The molecule has 6 heteroatoms. The van der Waals surface area contributed by atoms with Crippen molar-refractivity contribution in [1.29, 1.82) is 0 Å². The van der Waals surface area contributed by atoms with E-state index in [9.17, 15) is 19.2 Å². The van der Waals surface area contributed by atoms with Crippen molar-refractivity contribution < 1.29 is 28.3 Å². The van der Waals surface area contributed by atoms with Gasteiger partial charge in [0.25, 0.3) is 0 Å². The largest absolute Gasteiger partial charge is 0.465 e. The van der Waals surface area contributed by atoms with Gasteiger partial charge in [0.2, 0.25) is 11.6 Å². The topological polar surface area (TPSA) is 90.7 Å². The molecule has 0 saturated heterocycles. The van der Waals surface area contributed by atoms with Crippen LogP contribution < -0.4 is 0 Å². The number of benzene rings is 1. The number of furan rings is 1. The summed E-state index contributed by atoms with van der Waals surface area (Å²) in [7, 11) is 0. The second kappa shape index (κ2) is 6.23. The average molecular weight is 326 g/mol. The van der Waals surface area contributed by atoms with Gasteiger partial charge in [-0.1, -0.05) is 31.2 Å². The SMILES string of the molecule is CCCOC(=O)CC(=O)c1cc2c(o1)C(=O)c1ccccc1C2=O. The Labute approximate surface area is 137 Å². The van der Waals surface area contributed by atoms with E-state index in [-0.39, 0.29) is 40.6 Å². The van der Waals surface area contributed by atoms with E-state index < -0.39 is 24.0 Å². The highest BCUT2D eigenvalue weighted by atomic mass is 16.5. The highest BCUT2D eigenvalue weighted by Gasteiger charge is 2.34. The second-order valence-electron chi connectivity index (χ2n) is 5.38. The highest BCUT2D eigenvalue weighted by molar-refractivity contribution is 6.28. The smallest absolute Gasteiger partial charge is 0.313 e. The summed E-state index contributed by atoms with van der Waals surface area (Å²) >= 11 is 0. The van der Waals surface area contributed by atoms with Gasteiger partial charge >= 0.3 is 5.97 Å². The minimum Gasteiger partial charge on any atom is -0.465 e. The minimum atomic E-state index is -0.669. The van der Waals surface area contributed by atoms with Crippen molar-refractivity contribution in [3.8, 4) is 0 Å². The van der Waals surface area contributed by atoms with Crippen molar-refractivity contribution in [1.82, 2.24) is 0 Å². The van der Waals surface area contributed by atoms with Gasteiger partial charge in [-0.2, -0.15) is 0 Å². The molecule has 0 N–H and O–H groups in total. The van der Waals surface area contributed by atoms with Crippen molar-refractivity contribution in [2.75, 3.05) is 6.61 Å². The summed E-state index contributed by atoms with van der Waals surface area (Å²) in [6.45, 7) is 2.07. The number of hydrogen-bond donors (Lipinski definition) is 0. The quantitative estimate of drug-likeness (QED) is 0.406. The summed E-state index contributed by atoms with van der Waals surface area (Å²) in [5, 5.41) is 0. The number of fused-ring (bicyclic) bond motifs is 2. The van der Waals surface area contributed by atoms with Crippen LogP contribution in [0.4, 0.5) is 0 Å². The van der Waals surface area contributed by atoms with Crippen molar-refractivity contribution in [2.45, 2.75) is 19.8 Å². The molecule has 0 spiro atoms. The number of carbonyl (C=O) groups is 4. The van der Waals surface area contributed by atoms with E-state index in [4.69, 9.17) is 9.15 Å². The Bertz CT molecular complexity index is 806. The normalized spacial score (nSPS) is 12.5. The molecule has 6 nitrogen and oxygen atoms in total. The van der Waals surface area contributed by atoms with Gasteiger partial charge in [-0.15, -0.1) is 0 Å². The molecule has 3 rings (SSSR count). The van der Waals surface area contributed by atoms with Crippen LogP contribution in [-0.2, 0) is 9.53 Å². The molecule has 0 fully saturated rings. The second-order valence-corrected chi connectivity index (χ2v) is 5.38. The van der Waals surface area contributed by atoms with Gasteiger partial charge < -0.3 is 9.15 Å². The Kier molecular flexibility index (Phi) is 4.12. The molecule has 0 bridgehead atoms. The molecule has 1 aliphatic carbocycles. The molecule has 0 saturated carbocycles. The van der Waals surface area contributed by atoms with Gasteiger partial charge in [0.1, 0.15) is 6.42 Å². The van der Waals surface area contributed by atoms with Crippen LogP contribution in [0, 0.1) is 0 Å². The Hall–Kier alpha value is -3.02. The molecule has 1 heterocycles. The molecule has 122 valence electrons. The fraction of sp³-hybridized carbons (Fsp3) is 0.222. The van der Waals surface area contributed by atoms with E-state index in [0.717, 1.165) is 0 Å². The lowest BCUT2D eigenvalue weighted by molar-refractivity contribution is -0.142. The van der Waals surface area contributed by atoms with Crippen LogP contribution in [0.2, 0.25) is 0 Å². The van der Waals surface area contributed by atoms with Crippen LogP contribution in [0.5, 0.6) is 0 Å². The number of ketones is 3. The number of carbonyl (C=O) groups excluding carboxylic acids is 4. The van der Waals surface area contributed by atoms with Crippen LogP contribution in [0.25, 0.3) is 0 Å². The van der Waals surface area contributed by atoms with Gasteiger partial charge in [0, 0.05) is 11.1 Å². The molecule has 0 radical (unpaired) electrons. The van der Waals surface area contributed by atoms with Crippen molar-refractivity contribution in [2.24, 2.45) is 0 Å². The Morgan fingerprint density at radius 2 is 1.71 bits per heavy atom. The predicted molar refractivity (Wildman–Crippen MR) is 82.2 cm³/mol. The standard InChI is InChI=1S/C18H14O6/c1-2-7-23-15(20)9-13(19)14-8-12-16(21)10-5-3-4-6-11(10)17(22)18(12)24-14/h3-6,8H,2,7,9H2,1H3. The van der Waals surface area contributed by atoms with Gasteiger partial charge in [-0.25, -0.2) is 0 Å². The molecule has 0 amide bonds. The highest BCUT2D eigenvalue weighted by Crippen LogP contribution is 2.29. The summed E-state index contributed by atoms with van der Waals surface area (Å²) < 4.78 is 10.1. The first-order valence-electron chi connectivity index (χ1n) is 7.54. The van der Waals surface area contributed by atoms with Crippen LogP contribution in [0.1, 0.15) is 62.4 Å². The third-order valence-electron chi connectivity index (χ3n) is 3.65. The number of ether oxygens (including phenoxy) is 1. The molecular weight excluding hydrogens is 312 g/mol. The van der Waals surface area contributed by atoms with Crippen LogP contribution in [0.15, 0.2) is 34.7 Å². The molecule has 2 aromatic rings. The third-order valence-corrected chi connectivity index (χ3v) is 3.65. The van der Waals surface area contributed by atoms with E-state index in [1.54, 1.807) is 18.2 Å². The average Bonchev–Trinajstić information content (AvgIpc) is 3.04. The van der Waals surface area contributed by atoms with Gasteiger partial charge in [0.05, 0.1) is 12.2 Å². The van der Waals surface area contributed by atoms with Gasteiger partial charge in [0.15, 0.2) is 17.3 Å². The lowest BCUT2D eigenvalue weighted by Crippen LogP contribution is -2.18. The molecule has 0 atom stereocenters. The minimum absolute atomic E-state index is 0.0453. The van der Waals surface area contributed by atoms with E-state index in [1.807, 2.05) is 6.92 Å². The number of esters is 1. The van der Waals surface area contributed by atoms with Crippen LogP contribution in [-0.4, -0.2) is 29.9 Å². The van der Waals surface area contributed by atoms with Crippen LogP contribution >= 0.6 is 0 Å². The first-order valence-corrected chi connectivity index (χ1v) is 7.54. The molecule has 24 heavy (non-hydrogen) atoms. The van der Waals surface area contributed by atoms with Crippen molar-refractivity contribution in [3.05, 3.63) is 58.5 Å². The Morgan fingerprint density at radius 1 is 1.04 bits per heavy atom. The van der Waals surface area contributed by atoms with Crippen molar-refractivity contribution >= 4 is 23.3 Å². The fourth-order valence-electron chi connectivity index (χ4n) is 2.50. The maximum atomic E-state index is 12.4. The summed E-state index contributed by atoms with van der Waals surface area (Å²) in [4.78, 5) is 48.5. The molecular formula is C18H14O6. The summed E-state index contributed by atoms with van der Waals surface area (Å²) in [6.07, 6.45) is 0.151. The maximum absolute atomic E-state index is 12.4. The molecule has 1 aromatic heterocycles. The van der Waals surface area contributed by atoms with Gasteiger partial charge in [-0.3, -0.25) is 19.2 Å². The third kappa shape index (κ3) is 2.67. The number of rotatable bonds is 5. The predicted octanol–water partition coefficient (Wildman–Crippen LogP) is 2.58. The van der Waals surface area contributed by atoms with E-state index in [2.05, 4.69) is 0 Å². The summed E-state index contributed by atoms with van der Waals surface area (Å²) in [5.41, 5.74) is 0.562. The van der Waals surface area contributed by atoms with Gasteiger partial charge in [-0.05, 0) is 12.5 Å². The molecule has 1 aliphatic rings.